The van der Waals surface area contributed by atoms with Crippen molar-refractivity contribution in [3.05, 3.63) is 54.6 Å². The number of benzene rings is 2. The van der Waals surface area contributed by atoms with Gasteiger partial charge in [0.2, 0.25) is 0 Å². The Balaban J connectivity index is 1.62. The number of hydrogen-bond donors (Lipinski definition) is 1. The molecule has 0 aromatic heterocycles. The molecule has 2 unspecified atom stereocenters. The van der Waals surface area contributed by atoms with Gasteiger partial charge in [0.1, 0.15) is 11.5 Å². The highest BCUT2D eigenvalue weighted by Gasteiger charge is 2.23. The molecule has 0 aliphatic carbocycles. The zero-order valence-electron chi connectivity index (χ0n) is 11.6. The molecule has 3 heteroatoms. The van der Waals surface area contributed by atoms with E-state index in [2.05, 4.69) is 24.4 Å². The first kappa shape index (κ1) is 13.4. The second-order valence-corrected chi connectivity index (χ2v) is 6.54. The average Bonchev–Trinajstić information content (AvgIpc) is 2.88. The maximum atomic E-state index is 5.79. The van der Waals surface area contributed by atoms with Gasteiger partial charge in [-0.1, -0.05) is 25.1 Å². The van der Waals surface area contributed by atoms with Crippen molar-refractivity contribution in [3.8, 4) is 11.5 Å². The summed E-state index contributed by atoms with van der Waals surface area (Å²) in [6.07, 6.45) is 1.24. The molecular weight excluding hydrogens is 266 g/mol. The second-order valence-electron chi connectivity index (χ2n) is 5.05. The van der Waals surface area contributed by atoms with E-state index in [-0.39, 0.29) is 0 Å². The molecule has 2 aromatic carbocycles. The van der Waals surface area contributed by atoms with Gasteiger partial charge in [-0.2, -0.15) is 11.8 Å². The van der Waals surface area contributed by atoms with Gasteiger partial charge in [0.15, 0.2) is 0 Å². The summed E-state index contributed by atoms with van der Waals surface area (Å²) >= 11 is 2.04. The smallest absolute Gasteiger partial charge is 0.127 e. The Morgan fingerprint density at radius 3 is 2.35 bits per heavy atom. The molecule has 1 aliphatic rings. The van der Waals surface area contributed by atoms with Crippen LogP contribution in [0.5, 0.6) is 11.5 Å². The largest absolute Gasteiger partial charge is 0.457 e. The van der Waals surface area contributed by atoms with Crippen LogP contribution in [-0.2, 0) is 0 Å². The Morgan fingerprint density at radius 1 is 1.00 bits per heavy atom. The highest BCUT2D eigenvalue weighted by Crippen LogP contribution is 2.29. The topological polar surface area (TPSA) is 21.3 Å². The molecule has 2 atom stereocenters. The van der Waals surface area contributed by atoms with Crippen molar-refractivity contribution in [2.75, 3.05) is 11.1 Å². The molecular formula is C17H19NOS. The number of ether oxygens (including phenoxy) is 1. The molecule has 1 aliphatic heterocycles. The summed E-state index contributed by atoms with van der Waals surface area (Å²) in [7, 11) is 0. The first-order valence-electron chi connectivity index (χ1n) is 7.02. The van der Waals surface area contributed by atoms with Gasteiger partial charge in [0, 0.05) is 17.0 Å². The van der Waals surface area contributed by atoms with Crippen LogP contribution in [0.25, 0.3) is 0 Å². The van der Waals surface area contributed by atoms with E-state index in [1.807, 2.05) is 54.2 Å². The van der Waals surface area contributed by atoms with Crippen LogP contribution in [-0.4, -0.2) is 17.0 Å². The highest BCUT2D eigenvalue weighted by atomic mass is 32.2. The number of para-hydroxylation sites is 1. The summed E-state index contributed by atoms with van der Waals surface area (Å²) in [5, 5.41) is 4.30. The minimum atomic E-state index is 0.584. The van der Waals surface area contributed by atoms with Crippen molar-refractivity contribution in [2.45, 2.75) is 24.6 Å². The third-order valence-corrected chi connectivity index (χ3v) is 4.89. The SMILES string of the molecule is CC1SCCC1Nc1ccc(Oc2ccccc2)cc1. The van der Waals surface area contributed by atoms with Gasteiger partial charge in [0.05, 0.1) is 0 Å². The third kappa shape index (κ3) is 3.28. The zero-order chi connectivity index (χ0) is 13.8. The molecule has 0 spiro atoms. The summed E-state index contributed by atoms with van der Waals surface area (Å²) in [5.74, 6) is 3.00. The van der Waals surface area contributed by atoms with Crippen LogP contribution in [0.2, 0.25) is 0 Å². The molecule has 20 heavy (non-hydrogen) atoms. The summed E-state index contributed by atoms with van der Waals surface area (Å²) in [6, 6.07) is 18.7. The second kappa shape index (κ2) is 6.23. The molecule has 1 saturated heterocycles. The Morgan fingerprint density at radius 2 is 1.70 bits per heavy atom. The van der Waals surface area contributed by atoms with E-state index in [0.717, 1.165) is 11.5 Å². The van der Waals surface area contributed by atoms with Crippen molar-refractivity contribution >= 4 is 17.4 Å². The molecule has 0 amide bonds. The molecule has 0 radical (unpaired) electrons. The molecule has 3 rings (SSSR count). The van der Waals surface area contributed by atoms with E-state index in [0.29, 0.717) is 11.3 Å². The summed E-state index contributed by atoms with van der Waals surface area (Å²) < 4.78 is 5.79. The predicted molar refractivity (Wildman–Crippen MR) is 86.9 cm³/mol. The fourth-order valence-corrected chi connectivity index (χ4v) is 3.58. The summed E-state index contributed by atoms with van der Waals surface area (Å²) in [5.41, 5.74) is 1.17. The highest BCUT2D eigenvalue weighted by molar-refractivity contribution is 8.00. The van der Waals surface area contributed by atoms with Crippen LogP contribution < -0.4 is 10.1 Å². The van der Waals surface area contributed by atoms with Crippen molar-refractivity contribution in [1.29, 1.82) is 0 Å². The Kier molecular flexibility index (Phi) is 4.16. The molecule has 104 valence electrons. The van der Waals surface area contributed by atoms with E-state index < -0.39 is 0 Å². The maximum absolute atomic E-state index is 5.79. The third-order valence-electron chi connectivity index (χ3n) is 3.56. The van der Waals surface area contributed by atoms with Gasteiger partial charge in [0.25, 0.3) is 0 Å². The molecule has 1 heterocycles. The standard InChI is InChI=1S/C17H19NOS/c1-13-17(11-12-20-13)18-14-7-9-16(10-8-14)19-15-5-3-2-4-6-15/h2-10,13,17-18H,11-12H2,1H3. The predicted octanol–water partition coefficient (Wildman–Crippen LogP) is 4.78. The first-order valence-corrected chi connectivity index (χ1v) is 8.07. The lowest BCUT2D eigenvalue weighted by Gasteiger charge is -2.18. The molecule has 2 aromatic rings. The summed E-state index contributed by atoms with van der Waals surface area (Å²) in [4.78, 5) is 0. The fraction of sp³-hybridized carbons (Fsp3) is 0.294. The van der Waals surface area contributed by atoms with Gasteiger partial charge >= 0.3 is 0 Å². The van der Waals surface area contributed by atoms with Gasteiger partial charge < -0.3 is 10.1 Å². The Bertz CT molecular complexity index is 541. The van der Waals surface area contributed by atoms with Crippen molar-refractivity contribution in [3.63, 3.8) is 0 Å². The minimum Gasteiger partial charge on any atom is -0.457 e. The van der Waals surface area contributed by atoms with Gasteiger partial charge in [-0.15, -0.1) is 0 Å². The first-order chi connectivity index (χ1) is 9.81. The van der Waals surface area contributed by atoms with Gasteiger partial charge in [-0.25, -0.2) is 0 Å². The monoisotopic (exact) mass is 285 g/mol. The lowest BCUT2D eigenvalue weighted by Crippen LogP contribution is -2.24. The Labute approximate surface area is 124 Å². The van der Waals surface area contributed by atoms with Crippen LogP contribution >= 0.6 is 11.8 Å². The lowest BCUT2D eigenvalue weighted by atomic mass is 10.1. The molecule has 0 saturated carbocycles. The quantitative estimate of drug-likeness (QED) is 0.873. The lowest BCUT2D eigenvalue weighted by molar-refractivity contribution is 0.483. The molecule has 1 fully saturated rings. The van der Waals surface area contributed by atoms with Crippen LogP contribution in [0.3, 0.4) is 0 Å². The summed E-state index contributed by atoms with van der Waals surface area (Å²) in [6.45, 7) is 2.29. The number of nitrogens with one attached hydrogen (secondary N) is 1. The molecule has 1 N–H and O–H groups in total. The Hall–Kier alpha value is -1.61. The zero-order valence-corrected chi connectivity index (χ0v) is 12.4. The number of thioether (sulfide) groups is 1. The van der Waals surface area contributed by atoms with E-state index in [9.17, 15) is 0 Å². The number of anilines is 1. The molecule has 0 bridgehead atoms. The fourth-order valence-electron chi connectivity index (χ4n) is 2.38. The van der Waals surface area contributed by atoms with Crippen LogP contribution in [0.1, 0.15) is 13.3 Å². The number of hydrogen-bond acceptors (Lipinski definition) is 3. The van der Waals surface area contributed by atoms with Crippen LogP contribution in [0, 0.1) is 0 Å². The number of rotatable bonds is 4. The normalized spacial score (nSPS) is 21.6. The van der Waals surface area contributed by atoms with Crippen molar-refractivity contribution in [1.82, 2.24) is 0 Å². The van der Waals surface area contributed by atoms with E-state index in [4.69, 9.17) is 4.74 Å². The van der Waals surface area contributed by atoms with Crippen molar-refractivity contribution in [2.24, 2.45) is 0 Å². The van der Waals surface area contributed by atoms with E-state index >= 15 is 0 Å². The maximum Gasteiger partial charge on any atom is 0.127 e. The van der Waals surface area contributed by atoms with E-state index in [1.165, 1.54) is 17.9 Å². The van der Waals surface area contributed by atoms with Crippen LogP contribution in [0.4, 0.5) is 5.69 Å². The van der Waals surface area contributed by atoms with Gasteiger partial charge in [-0.3, -0.25) is 0 Å². The van der Waals surface area contributed by atoms with E-state index in [1.54, 1.807) is 0 Å². The minimum absolute atomic E-state index is 0.584. The average molecular weight is 285 g/mol. The van der Waals surface area contributed by atoms with Crippen LogP contribution in [0.15, 0.2) is 54.6 Å². The molecule has 2 nitrogen and oxygen atoms in total. The van der Waals surface area contributed by atoms with Crippen molar-refractivity contribution < 1.29 is 4.74 Å². The van der Waals surface area contributed by atoms with Gasteiger partial charge in [-0.05, 0) is 48.6 Å².